The van der Waals surface area contributed by atoms with Gasteiger partial charge in [0.05, 0.1) is 0 Å². The van der Waals surface area contributed by atoms with Crippen molar-refractivity contribution in [1.29, 1.82) is 0 Å². The topological polar surface area (TPSA) is 0 Å². The van der Waals surface area contributed by atoms with Crippen LogP contribution in [-0.4, -0.2) is 0 Å². The Morgan fingerprint density at radius 3 is 2.00 bits per heavy atom. The van der Waals surface area contributed by atoms with Crippen molar-refractivity contribution in [3.05, 3.63) is 0 Å². The minimum atomic E-state index is 0.903. The van der Waals surface area contributed by atoms with E-state index in [0.717, 1.165) is 16.7 Å². The minimum Gasteiger partial charge on any atom is -0.0625 e. The molecule has 0 bridgehead atoms. The van der Waals surface area contributed by atoms with Crippen LogP contribution in [0.25, 0.3) is 0 Å². The van der Waals surface area contributed by atoms with E-state index < -0.39 is 0 Å². The van der Waals surface area contributed by atoms with Crippen LogP contribution in [0.2, 0.25) is 0 Å². The number of hydrogen-bond donors (Lipinski definition) is 0. The van der Waals surface area contributed by atoms with E-state index in [9.17, 15) is 0 Å². The van der Waals surface area contributed by atoms with Gasteiger partial charge in [0.15, 0.2) is 0 Å². The Morgan fingerprint density at radius 2 is 1.64 bits per heavy atom. The van der Waals surface area contributed by atoms with Gasteiger partial charge < -0.3 is 0 Å². The summed E-state index contributed by atoms with van der Waals surface area (Å²) in [6.07, 6.45) is 11.0. The molecule has 2 spiro atoms. The zero-order valence-electron chi connectivity index (χ0n) is 7.53. The third-order valence-electron chi connectivity index (χ3n) is 4.48. The molecule has 0 saturated heterocycles. The summed E-state index contributed by atoms with van der Waals surface area (Å²) in [5, 5.41) is 0. The maximum absolute atomic E-state index is 2.41. The first kappa shape index (κ1) is 6.51. The molecule has 3 rings (SSSR count). The largest absolute Gasteiger partial charge is 0.0625 e. The lowest BCUT2D eigenvalue weighted by Crippen LogP contribution is -2.55. The predicted molar refractivity (Wildman–Crippen MR) is 46.3 cm³/mol. The molecule has 0 aromatic carbocycles. The van der Waals surface area contributed by atoms with Crippen LogP contribution in [0.3, 0.4) is 0 Å². The second kappa shape index (κ2) is 1.67. The Kier molecular flexibility index (Phi) is 0.990. The van der Waals surface area contributed by atoms with Crippen LogP contribution in [-0.2, 0) is 0 Å². The maximum Gasteiger partial charge on any atom is -0.0282 e. The zero-order chi connectivity index (χ0) is 7.53. The average molecular weight is 150 g/mol. The van der Waals surface area contributed by atoms with Crippen LogP contribution >= 0.6 is 0 Å². The van der Waals surface area contributed by atoms with Gasteiger partial charge in [0.1, 0.15) is 0 Å². The van der Waals surface area contributed by atoms with Crippen LogP contribution < -0.4 is 0 Å². The zero-order valence-corrected chi connectivity index (χ0v) is 7.53. The van der Waals surface area contributed by atoms with Crippen LogP contribution in [0.15, 0.2) is 0 Å². The Labute approximate surface area is 69.4 Å². The van der Waals surface area contributed by atoms with Crippen molar-refractivity contribution in [3.8, 4) is 0 Å². The van der Waals surface area contributed by atoms with Gasteiger partial charge in [-0.25, -0.2) is 0 Å². The molecule has 0 N–H and O–H groups in total. The Hall–Kier alpha value is 0. The van der Waals surface area contributed by atoms with Crippen LogP contribution in [0.5, 0.6) is 0 Å². The third kappa shape index (κ3) is 0.711. The molecular weight excluding hydrogens is 132 g/mol. The van der Waals surface area contributed by atoms with Gasteiger partial charge in [-0.15, -0.1) is 0 Å². The van der Waals surface area contributed by atoms with Gasteiger partial charge in [0.2, 0.25) is 0 Å². The highest BCUT2D eigenvalue weighted by atomic mass is 14.6. The Bertz CT molecular complexity index is 172. The first-order valence-electron chi connectivity index (χ1n) is 5.22. The van der Waals surface area contributed by atoms with Crippen molar-refractivity contribution in [1.82, 2.24) is 0 Å². The SMILES string of the molecule is CC1CC2(C1)CC1(CCC1)C2. The van der Waals surface area contributed by atoms with E-state index >= 15 is 0 Å². The summed E-state index contributed by atoms with van der Waals surface area (Å²) in [7, 11) is 0. The minimum absolute atomic E-state index is 0.903. The second-order valence-electron chi connectivity index (χ2n) is 5.72. The lowest BCUT2D eigenvalue weighted by atomic mass is 9.38. The van der Waals surface area contributed by atoms with E-state index in [1.54, 1.807) is 38.5 Å². The smallest absolute Gasteiger partial charge is 0.0282 e. The molecule has 0 atom stereocenters. The van der Waals surface area contributed by atoms with Gasteiger partial charge >= 0.3 is 0 Å². The highest BCUT2D eigenvalue weighted by Crippen LogP contribution is 2.71. The number of hydrogen-bond acceptors (Lipinski definition) is 0. The van der Waals surface area contributed by atoms with E-state index in [1.165, 1.54) is 6.42 Å². The maximum atomic E-state index is 2.41. The summed E-state index contributed by atoms with van der Waals surface area (Å²) >= 11 is 0. The fraction of sp³-hybridized carbons (Fsp3) is 1.00. The van der Waals surface area contributed by atoms with Gasteiger partial charge in [0, 0.05) is 0 Å². The van der Waals surface area contributed by atoms with E-state index in [0.29, 0.717) is 0 Å². The Morgan fingerprint density at radius 1 is 1.00 bits per heavy atom. The van der Waals surface area contributed by atoms with Gasteiger partial charge in [-0.2, -0.15) is 0 Å². The van der Waals surface area contributed by atoms with E-state index in [1.807, 2.05) is 0 Å². The molecule has 0 amide bonds. The molecule has 3 aliphatic carbocycles. The molecule has 0 aromatic heterocycles. The van der Waals surface area contributed by atoms with Crippen molar-refractivity contribution in [2.75, 3.05) is 0 Å². The molecule has 0 aromatic rings. The molecule has 0 heterocycles. The summed E-state index contributed by atoms with van der Waals surface area (Å²) in [6.45, 7) is 2.41. The molecule has 0 unspecified atom stereocenters. The third-order valence-corrected chi connectivity index (χ3v) is 4.48. The van der Waals surface area contributed by atoms with Crippen LogP contribution in [0, 0.1) is 16.7 Å². The van der Waals surface area contributed by atoms with E-state index in [-0.39, 0.29) is 0 Å². The lowest BCUT2D eigenvalue weighted by Gasteiger charge is -2.67. The molecule has 62 valence electrons. The van der Waals surface area contributed by atoms with Crippen molar-refractivity contribution in [2.24, 2.45) is 16.7 Å². The molecular formula is C11H18. The van der Waals surface area contributed by atoms with Crippen LogP contribution in [0.1, 0.15) is 51.9 Å². The fourth-order valence-electron chi connectivity index (χ4n) is 4.28. The van der Waals surface area contributed by atoms with Crippen molar-refractivity contribution >= 4 is 0 Å². The molecule has 11 heavy (non-hydrogen) atoms. The molecule has 3 fully saturated rings. The predicted octanol–water partition coefficient (Wildman–Crippen LogP) is 3.37. The van der Waals surface area contributed by atoms with Crippen molar-refractivity contribution < 1.29 is 0 Å². The van der Waals surface area contributed by atoms with Crippen molar-refractivity contribution in [3.63, 3.8) is 0 Å². The first-order chi connectivity index (χ1) is 5.22. The monoisotopic (exact) mass is 150 g/mol. The molecule has 3 aliphatic rings. The molecule has 3 saturated carbocycles. The van der Waals surface area contributed by atoms with Crippen molar-refractivity contribution in [2.45, 2.75) is 51.9 Å². The summed E-state index contributed by atoms with van der Waals surface area (Å²) in [6, 6.07) is 0. The summed E-state index contributed by atoms with van der Waals surface area (Å²) in [5.74, 6) is 1.06. The summed E-state index contributed by atoms with van der Waals surface area (Å²) in [5.41, 5.74) is 1.82. The quantitative estimate of drug-likeness (QED) is 0.496. The standard InChI is InChI=1S/C11H18/c1-9-5-11(6-9)7-10(8-11)3-2-4-10/h9H,2-8H2,1H3. The molecule has 0 heteroatoms. The first-order valence-corrected chi connectivity index (χ1v) is 5.22. The molecule has 0 aliphatic heterocycles. The molecule has 0 nitrogen and oxygen atoms in total. The van der Waals surface area contributed by atoms with E-state index in [4.69, 9.17) is 0 Å². The van der Waals surface area contributed by atoms with Crippen LogP contribution in [0.4, 0.5) is 0 Å². The second-order valence-corrected chi connectivity index (χ2v) is 5.72. The average Bonchev–Trinajstić information content (AvgIpc) is 1.69. The molecule has 0 radical (unpaired) electrons. The van der Waals surface area contributed by atoms with Gasteiger partial charge in [-0.05, 0) is 55.3 Å². The number of rotatable bonds is 0. The van der Waals surface area contributed by atoms with Gasteiger partial charge in [-0.3, -0.25) is 0 Å². The van der Waals surface area contributed by atoms with Gasteiger partial charge in [0.25, 0.3) is 0 Å². The normalized spacial score (nSPS) is 37.9. The fourth-order valence-corrected chi connectivity index (χ4v) is 4.28. The lowest BCUT2D eigenvalue weighted by molar-refractivity contribution is -0.159. The van der Waals surface area contributed by atoms with Gasteiger partial charge in [-0.1, -0.05) is 13.3 Å². The highest BCUT2D eigenvalue weighted by molar-refractivity contribution is 5.11. The summed E-state index contributed by atoms with van der Waals surface area (Å²) in [4.78, 5) is 0. The Balaban J connectivity index is 1.63. The van der Waals surface area contributed by atoms with E-state index in [2.05, 4.69) is 6.92 Å². The highest BCUT2D eigenvalue weighted by Gasteiger charge is 2.60. The summed E-state index contributed by atoms with van der Waals surface area (Å²) < 4.78 is 0.